The Balaban J connectivity index is 1.65. The van der Waals surface area contributed by atoms with E-state index in [4.69, 9.17) is 16.3 Å². The van der Waals surface area contributed by atoms with Crippen molar-refractivity contribution in [3.8, 4) is 17.0 Å². The molecule has 0 bridgehead atoms. The second kappa shape index (κ2) is 8.14. The average molecular weight is 372 g/mol. The van der Waals surface area contributed by atoms with Crippen LogP contribution in [0.25, 0.3) is 11.3 Å². The Kier molecular flexibility index (Phi) is 5.68. The number of hydrogen-bond donors (Lipinski definition) is 1. The van der Waals surface area contributed by atoms with E-state index in [1.165, 1.54) is 16.9 Å². The molecule has 0 aliphatic carbocycles. The molecule has 4 nitrogen and oxygen atoms in total. The number of halogens is 1. The number of hydrogen-bond acceptors (Lipinski definition) is 5. The number of nitrogens with one attached hydrogen (secondary N) is 1. The third-order valence-electron chi connectivity index (χ3n) is 3.48. The molecular weight excluding hydrogens is 354 g/mol. The van der Waals surface area contributed by atoms with Gasteiger partial charge < -0.3 is 4.74 Å². The van der Waals surface area contributed by atoms with Crippen molar-refractivity contribution in [3.63, 3.8) is 0 Å². The number of hydrazone groups is 1. The molecule has 6 heteroatoms. The molecule has 0 radical (unpaired) electrons. The van der Waals surface area contributed by atoms with Crippen molar-refractivity contribution < 1.29 is 4.74 Å². The molecule has 0 spiro atoms. The second-order valence-electron chi connectivity index (χ2n) is 5.40. The van der Waals surface area contributed by atoms with Crippen molar-refractivity contribution in [2.24, 2.45) is 5.10 Å². The first-order chi connectivity index (χ1) is 12.2. The van der Waals surface area contributed by atoms with Crippen LogP contribution >= 0.6 is 22.9 Å². The SMILES string of the molecule is CCOc1ccc(/C=N\Nc2nc(-c3ccc(C)cc3)cs2)cc1Cl. The van der Waals surface area contributed by atoms with E-state index >= 15 is 0 Å². The Morgan fingerprint density at radius 3 is 2.76 bits per heavy atom. The van der Waals surface area contributed by atoms with Gasteiger partial charge in [0, 0.05) is 10.9 Å². The average Bonchev–Trinajstić information content (AvgIpc) is 3.07. The van der Waals surface area contributed by atoms with E-state index in [9.17, 15) is 0 Å². The zero-order valence-electron chi connectivity index (χ0n) is 14.0. The fraction of sp³-hybridized carbons (Fsp3) is 0.158. The number of anilines is 1. The van der Waals surface area contributed by atoms with Gasteiger partial charge in [0.25, 0.3) is 0 Å². The number of aromatic nitrogens is 1. The standard InChI is InChI=1S/C19H18ClN3OS/c1-3-24-18-9-6-14(10-16(18)20)11-21-23-19-22-17(12-25-19)15-7-4-13(2)5-8-15/h4-12H,3H2,1-2H3,(H,22,23)/b21-11-. The highest BCUT2D eigenvalue weighted by molar-refractivity contribution is 7.14. The summed E-state index contributed by atoms with van der Waals surface area (Å²) in [5.74, 6) is 0.678. The van der Waals surface area contributed by atoms with Crippen LogP contribution in [0.1, 0.15) is 18.1 Å². The summed E-state index contributed by atoms with van der Waals surface area (Å²) in [5.41, 5.74) is 7.11. The zero-order chi connectivity index (χ0) is 17.6. The van der Waals surface area contributed by atoms with Gasteiger partial charge in [-0.2, -0.15) is 5.10 Å². The monoisotopic (exact) mass is 371 g/mol. The van der Waals surface area contributed by atoms with Crippen LogP contribution in [0.5, 0.6) is 5.75 Å². The first-order valence-corrected chi connectivity index (χ1v) is 9.15. The lowest BCUT2D eigenvalue weighted by atomic mass is 10.1. The van der Waals surface area contributed by atoms with Crippen molar-refractivity contribution in [1.29, 1.82) is 0 Å². The van der Waals surface area contributed by atoms with Gasteiger partial charge in [0.15, 0.2) is 0 Å². The van der Waals surface area contributed by atoms with Crippen LogP contribution in [0.3, 0.4) is 0 Å². The minimum absolute atomic E-state index is 0.571. The molecule has 1 aromatic heterocycles. The van der Waals surface area contributed by atoms with Crippen molar-refractivity contribution in [2.75, 3.05) is 12.0 Å². The molecule has 2 aromatic carbocycles. The third-order valence-corrected chi connectivity index (χ3v) is 4.52. The van der Waals surface area contributed by atoms with E-state index in [1.807, 2.05) is 30.5 Å². The molecule has 0 atom stereocenters. The maximum atomic E-state index is 6.17. The van der Waals surface area contributed by atoms with Crippen LogP contribution in [0.4, 0.5) is 5.13 Å². The smallest absolute Gasteiger partial charge is 0.203 e. The predicted octanol–water partition coefficient (Wildman–Crippen LogP) is 5.62. The topological polar surface area (TPSA) is 46.5 Å². The van der Waals surface area contributed by atoms with Gasteiger partial charge in [0.1, 0.15) is 5.75 Å². The Bertz CT molecular complexity index is 875. The van der Waals surface area contributed by atoms with E-state index in [2.05, 4.69) is 46.7 Å². The quantitative estimate of drug-likeness (QED) is 0.452. The van der Waals surface area contributed by atoms with E-state index in [0.717, 1.165) is 22.0 Å². The summed E-state index contributed by atoms with van der Waals surface area (Å²) in [6, 6.07) is 13.9. The van der Waals surface area contributed by atoms with Crippen LogP contribution < -0.4 is 10.2 Å². The van der Waals surface area contributed by atoms with Crippen LogP contribution in [-0.2, 0) is 0 Å². The second-order valence-corrected chi connectivity index (χ2v) is 6.66. The van der Waals surface area contributed by atoms with Gasteiger partial charge in [-0.15, -0.1) is 11.3 Å². The van der Waals surface area contributed by atoms with Gasteiger partial charge >= 0.3 is 0 Å². The highest BCUT2D eigenvalue weighted by Gasteiger charge is 2.04. The number of aryl methyl sites for hydroxylation is 1. The van der Waals surface area contributed by atoms with E-state index in [1.54, 1.807) is 6.21 Å². The molecule has 0 saturated carbocycles. The van der Waals surface area contributed by atoms with E-state index in [0.29, 0.717) is 17.4 Å². The van der Waals surface area contributed by atoms with Gasteiger partial charge in [0.05, 0.1) is 23.5 Å². The number of rotatable bonds is 6. The molecule has 0 aliphatic heterocycles. The highest BCUT2D eigenvalue weighted by atomic mass is 35.5. The van der Waals surface area contributed by atoms with Gasteiger partial charge in [0.2, 0.25) is 5.13 Å². The normalized spacial score (nSPS) is 11.0. The first kappa shape index (κ1) is 17.5. The maximum absolute atomic E-state index is 6.17. The van der Waals surface area contributed by atoms with Crippen LogP contribution in [-0.4, -0.2) is 17.8 Å². The summed E-state index contributed by atoms with van der Waals surface area (Å²) in [7, 11) is 0. The van der Waals surface area contributed by atoms with Crippen LogP contribution in [0.2, 0.25) is 5.02 Å². The Morgan fingerprint density at radius 2 is 2.04 bits per heavy atom. The Hall–Kier alpha value is -2.37. The van der Waals surface area contributed by atoms with Crippen molar-refractivity contribution >= 4 is 34.3 Å². The number of ether oxygens (including phenoxy) is 1. The highest BCUT2D eigenvalue weighted by Crippen LogP contribution is 2.26. The van der Waals surface area contributed by atoms with Gasteiger partial charge in [-0.3, -0.25) is 5.43 Å². The molecular formula is C19H18ClN3OS. The molecule has 128 valence electrons. The number of benzene rings is 2. The molecule has 25 heavy (non-hydrogen) atoms. The lowest BCUT2D eigenvalue weighted by Crippen LogP contribution is -1.94. The fourth-order valence-corrected chi connectivity index (χ4v) is 3.13. The Labute approximate surface area is 156 Å². The Morgan fingerprint density at radius 1 is 1.24 bits per heavy atom. The van der Waals surface area contributed by atoms with Gasteiger partial charge in [-0.05, 0) is 37.6 Å². The van der Waals surface area contributed by atoms with Crippen molar-refractivity contribution in [3.05, 3.63) is 64.0 Å². The van der Waals surface area contributed by atoms with E-state index < -0.39 is 0 Å². The number of nitrogens with zero attached hydrogens (tertiary/aromatic N) is 2. The minimum atomic E-state index is 0.571. The molecule has 0 fully saturated rings. The maximum Gasteiger partial charge on any atom is 0.203 e. The lowest BCUT2D eigenvalue weighted by molar-refractivity contribution is 0.340. The molecule has 1 heterocycles. The summed E-state index contributed by atoms with van der Waals surface area (Å²) in [6.07, 6.45) is 1.70. The summed E-state index contributed by atoms with van der Waals surface area (Å²) in [6.45, 7) is 4.58. The molecule has 3 rings (SSSR count). The summed E-state index contributed by atoms with van der Waals surface area (Å²) < 4.78 is 5.42. The van der Waals surface area contributed by atoms with Gasteiger partial charge in [-0.1, -0.05) is 41.4 Å². The molecule has 0 saturated heterocycles. The molecule has 0 unspecified atom stereocenters. The first-order valence-electron chi connectivity index (χ1n) is 7.89. The number of thiazole rings is 1. The van der Waals surface area contributed by atoms with Crippen molar-refractivity contribution in [1.82, 2.24) is 4.98 Å². The van der Waals surface area contributed by atoms with Crippen LogP contribution in [0, 0.1) is 6.92 Å². The fourth-order valence-electron chi connectivity index (χ4n) is 2.21. The van der Waals surface area contributed by atoms with Crippen LogP contribution in [0.15, 0.2) is 52.9 Å². The van der Waals surface area contributed by atoms with Crippen molar-refractivity contribution in [2.45, 2.75) is 13.8 Å². The molecule has 0 aliphatic rings. The molecule has 0 amide bonds. The molecule has 3 aromatic rings. The summed E-state index contributed by atoms with van der Waals surface area (Å²) >= 11 is 7.68. The van der Waals surface area contributed by atoms with Gasteiger partial charge in [-0.25, -0.2) is 4.98 Å². The van der Waals surface area contributed by atoms with E-state index in [-0.39, 0.29) is 0 Å². The summed E-state index contributed by atoms with van der Waals surface area (Å²) in [5, 5.41) is 7.54. The predicted molar refractivity (Wildman–Crippen MR) is 106 cm³/mol. The minimum Gasteiger partial charge on any atom is -0.492 e. The summed E-state index contributed by atoms with van der Waals surface area (Å²) in [4.78, 5) is 4.54. The molecule has 1 N–H and O–H groups in total. The largest absolute Gasteiger partial charge is 0.492 e. The lowest BCUT2D eigenvalue weighted by Gasteiger charge is -2.05. The zero-order valence-corrected chi connectivity index (χ0v) is 15.6. The third kappa shape index (κ3) is 4.59.